The molecule has 0 bridgehead atoms. The number of benzene rings is 2. The van der Waals surface area contributed by atoms with E-state index in [0.29, 0.717) is 34.9 Å². The maximum Gasteiger partial charge on any atom is 0.322 e. The van der Waals surface area contributed by atoms with Crippen molar-refractivity contribution in [2.75, 3.05) is 27.8 Å². The van der Waals surface area contributed by atoms with Crippen molar-refractivity contribution in [1.82, 2.24) is 15.1 Å². The van der Waals surface area contributed by atoms with E-state index in [4.69, 9.17) is 9.47 Å². The van der Waals surface area contributed by atoms with Gasteiger partial charge in [0, 0.05) is 19.2 Å². The molecule has 1 unspecified atom stereocenters. The summed E-state index contributed by atoms with van der Waals surface area (Å²) < 4.78 is 24.1. The molecular formula is C22H22FN3O4. The van der Waals surface area contributed by atoms with Crippen LogP contribution in [-0.4, -0.2) is 49.6 Å². The standard InChI is InChI=1S/C22H22FN3O4/c1-25-16-12-26(11-13-7-9-14(23)10-8-13)21(27)18(16)19(24-22(25)28)15-5-4-6-17(29-2)20(15)30-3/h4-10,19H,11-12H2,1-3H3,(H,24,28). The number of methoxy groups -OCH3 is 2. The Labute approximate surface area is 173 Å². The summed E-state index contributed by atoms with van der Waals surface area (Å²) in [5.74, 6) is 0.463. The Morgan fingerprint density at radius 1 is 1.10 bits per heavy atom. The van der Waals surface area contributed by atoms with E-state index < -0.39 is 6.04 Å². The topological polar surface area (TPSA) is 71.1 Å². The maximum atomic E-state index is 13.3. The fraction of sp³-hybridized carbons (Fsp3) is 0.273. The fourth-order valence-electron chi connectivity index (χ4n) is 3.93. The molecule has 30 heavy (non-hydrogen) atoms. The van der Waals surface area contributed by atoms with Gasteiger partial charge in [-0.25, -0.2) is 9.18 Å². The number of nitrogens with one attached hydrogen (secondary N) is 1. The molecule has 0 saturated carbocycles. The number of ether oxygens (including phenoxy) is 2. The Morgan fingerprint density at radius 3 is 2.50 bits per heavy atom. The molecule has 1 N–H and O–H groups in total. The number of hydrogen-bond donors (Lipinski definition) is 1. The van der Waals surface area contributed by atoms with Gasteiger partial charge in [0.05, 0.1) is 38.1 Å². The summed E-state index contributed by atoms with van der Waals surface area (Å²) in [6, 6.07) is 10.4. The number of carbonyl (C=O) groups excluding carboxylic acids is 2. The van der Waals surface area contributed by atoms with E-state index in [1.807, 2.05) is 0 Å². The molecule has 2 aliphatic heterocycles. The predicted molar refractivity (Wildman–Crippen MR) is 107 cm³/mol. The minimum absolute atomic E-state index is 0.184. The minimum atomic E-state index is -0.667. The summed E-state index contributed by atoms with van der Waals surface area (Å²) >= 11 is 0. The number of para-hydroxylation sites is 1. The number of amides is 3. The molecule has 7 nitrogen and oxygen atoms in total. The third-order valence-electron chi connectivity index (χ3n) is 5.47. The van der Waals surface area contributed by atoms with E-state index in [9.17, 15) is 14.0 Å². The predicted octanol–water partition coefficient (Wildman–Crippen LogP) is 2.84. The number of likely N-dealkylation sites (N-methyl/N-ethyl adjacent to an activating group) is 1. The number of urea groups is 1. The van der Waals surface area contributed by atoms with Crippen molar-refractivity contribution in [1.29, 1.82) is 0 Å². The highest BCUT2D eigenvalue weighted by Crippen LogP contribution is 2.42. The lowest BCUT2D eigenvalue weighted by Gasteiger charge is -2.31. The molecule has 2 aliphatic rings. The molecule has 0 radical (unpaired) electrons. The second kappa shape index (κ2) is 7.70. The summed E-state index contributed by atoms with van der Waals surface area (Å²) in [5.41, 5.74) is 2.58. The lowest BCUT2D eigenvalue weighted by molar-refractivity contribution is -0.126. The molecule has 8 heteroatoms. The zero-order chi connectivity index (χ0) is 21.4. The zero-order valence-electron chi connectivity index (χ0n) is 16.9. The van der Waals surface area contributed by atoms with Gasteiger partial charge >= 0.3 is 6.03 Å². The highest BCUT2D eigenvalue weighted by atomic mass is 19.1. The van der Waals surface area contributed by atoms with Crippen molar-refractivity contribution in [3.63, 3.8) is 0 Å². The molecule has 2 aromatic carbocycles. The van der Waals surface area contributed by atoms with Crippen LogP contribution >= 0.6 is 0 Å². The van der Waals surface area contributed by atoms with Gasteiger partial charge in [0.15, 0.2) is 11.5 Å². The number of carbonyl (C=O) groups is 2. The second-order valence-corrected chi connectivity index (χ2v) is 7.17. The summed E-state index contributed by atoms with van der Waals surface area (Å²) in [5, 5.41) is 2.90. The van der Waals surface area contributed by atoms with Gasteiger partial charge in [0.1, 0.15) is 5.82 Å². The normalized spacial score (nSPS) is 18.5. The van der Waals surface area contributed by atoms with Crippen molar-refractivity contribution < 1.29 is 23.5 Å². The molecule has 0 aliphatic carbocycles. The number of nitrogens with zero attached hydrogens (tertiary/aromatic N) is 2. The lowest BCUT2D eigenvalue weighted by atomic mass is 9.94. The second-order valence-electron chi connectivity index (χ2n) is 7.17. The van der Waals surface area contributed by atoms with E-state index in [0.717, 1.165) is 5.56 Å². The minimum Gasteiger partial charge on any atom is -0.493 e. The average Bonchev–Trinajstić information content (AvgIpc) is 3.08. The van der Waals surface area contributed by atoms with Crippen molar-refractivity contribution in [3.8, 4) is 11.5 Å². The van der Waals surface area contributed by atoms with Crippen LogP contribution in [0.1, 0.15) is 17.2 Å². The van der Waals surface area contributed by atoms with E-state index in [1.54, 1.807) is 42.3 Å². The van der Waals surface area contributed by atoms with Crippen molar-refractivity contribution in [2.24, 2.45) is 0 Å². The molecule has 3 amide bonds. The van der Waals surface area contributed by atoms with Gasteiger partial charge in [-0.2, -0.15) is 0 Å². The summed E-state index contributed by atoms with van der Waals surface area (Å²) in [6.07, 6.45) is 0. The van der Waals surface area contributed by atoms with Gasteiger partial charge < -0.3 is 19.7 Å². The van der Waals surface area contributed by atoms with Gasteiger partial charge in [-0.3, -0.25) is 9.69 Å². The van der Waals surface area contributed by atoms with Crippen LogP contribution in [-0.2, 0) is 11.3 Å². The first kappa shape index (κ1) is 19.8. The lowest BCUT2D eigenvalue weighted by Crippen LogP contribution is -2.45. The molecule has 0 saturated heterocycles. The Balaban J connectivity index is 1.72. The van der Waals surface area contributed by atoms with Gasteiger partial charge in [-0.15, -0.1) is 0 Å². The first-order valence-corrected chi connectivity index (χ1v) is 9.46. The van der Waals surface area contributed by atoms with Crippen LogP contribution in [0, 0.1) is 5.82 Å². The molecule has 4 rings (SSSR count). The van der Waals surface area contributed by atoms with Crippen LogP contribution in [0.5, 0.6) is 11.5 Å². The Hall–Kier alpha value is -3.55. The van der Waals surface area contributed by atoms with Gasteiger partial charge in [0.2, 0.25) is 0 Å². The summed E-state index contributed by atoms with van der Waals surface area (Å²) in [7, 11) is 4.69. The Bertz CT molecular complexity index is 1040. The third kappa shape index (κ3) is 3.24. The molecule has 156 valence electrons. The monoisotopic (exact) mass is 411 g/mol. The Morgan fingerprint density at radius 2 is 1.83 bits per heavy atom. The van der Waals surface area contributed by atoms with Crippen LogP contribution < -0.4 is 14.8 Å². The third-order valence-corrected chi connectivity index (χ3v) is 5.47. The number of halogens is 1. The highest BCUT2D eigenvalue weighted by Gasteiger charge is 2.43. The van der Waals surface area contributed by atoms with E-state index >= 15 is 0 Å². The molecule has 0 aromatic heterocycles. The van der Waals surface area contributed by atoms with Gasteiger partial charge in [-0.1, -0.05) is 24.3 Å². The summed E-state index contributed by atoms with van der Waals surface area (Å²) in [6.45, 7) is 0.606. The van der Waals surface area contributed by atoms with Crippen molar-refractivity contribution >= 4 is 11.9 Å². The maximum absolute atomic E-state index is 13.3. The van der Waals surface area contributed by atoms with Crippen LogP contribution in [0.25, 0.3) is 0 Å². The SMILES string of the molecule is COc1cccc(C2NC(=O)N(C)C3=C2C(=O)N(Cc2ccc(F)cc2)C3)c1OC. The number of rotatable bonds is 5. The van der Waals surface area contributed by atoms with E-state index in [2.05, 4.69) is 5.32 Å². The smallest absolute Gasteiger partial charge is 0.322 e. The summed E-state index contributed by atoms with van der Waals surface area (Å²) in [4.78, 5) is 29.1. The first-order valence-electron chi connectivity index (χ1n) is 9.46. The number of hydrogen-bond acceptors (Lipinski definition) is 4. The average molecular weight is 411 g/mol. The zero-order valence-corrected chi connectivity index (χ0v) is 16.9. The molecule has 1 atom stereocenters. The van der Waals surface area contributed by atoms with Gasteiger partial charge in [0.25, 0.3) is 5.91 Å². The molecule has 2 aromatic rings. The largest absolute Gasteiger partial charge is 0.493 e. The van der Waals surface area contributed by atoms with Crippen LogP contribution in [0.3, 0.4) is 0 Å². The molecular weight excluding hydrogens is 389 g/mol. The first-order chi connectivity index (χ1) is 14.4. The van der Waals surface area contributed by atoms with E-state index in [1.165, 1.54) is 31.3 Å². The van der Waals surface area contributed by atoms with E-state index in [-0.39, 0.29) is 24.3 Å². The molecule has 0 fully saturated rings. The van der Waals surface area contributed by atoms with Crippen molar-refractivity contribution in [3.05, 3.63) is 70.7 Å². The van der Waals surface area contributed by atoms with Crippen LogP contribution in [0.4, 0.5) is 9.18 Å². The Kier molecular flexibility index (Phi) is 5.07. The molecule has 2 heterocycles. The molecule has 0 spiro atoms. The highest BCUT2D eigenvalue weighted by molar-refractivity contribution is 6.01. The quantitative estimate of drug-likeness (QED) is 0.822. The van der Waals surface area contributed by atoms with Crippen LogP contribution in [0.2, 0.25) is 0 Å². The fourth-order valence-corrected chi connectivity index (χ4v) is 3.93. The van der Waals surface area contributed by atoms with Crippen LogP contribution in [0.15, 0.2) is 53.7 Å². The van der Waals surface area contributed by atoms with Gasteiger partial charge in [-0.05, 0) is 23.8 Å². The van der Waals surface area contributed by atoms with Crippen molar-refractivity contribution in [2.45, 2.75) is 12.6 Å².